The molecule has 0 unspecified atom stereocenters. The first kappa shape index (κ1) is 12.0. The molecule has 1 heterocycles. The van der Waals surface area contributed by atoms with Gasteiger partial charge in [-0.3, -0.25) is 9.59 Å². The van der Waals surface area contributed by atoms with Crippen molar-refractivity contribution in [3.8, 4) is 0 Å². The maximum atomic E-state index is 11.9. The van der Waals surface area contributed by atoms with Gasteiger partial charge in [-0.2, -0.15) is 0 Å². The molecule has 1 atom stereocenters. The van der Waals surface area contributed by atoms with Crippen LogP contribution in [-0.2, 0) is 4.79 Å². The third-order valence-corrected chi connectivity index (χ3v) is 3.78. The number of nitrogens with zero attached hydrogens (tertiary/aromatic N) is 1. The summed E-state index contributed by atoms with van der Waals surface area (Å²) in [5, 5.41) is 11.6. The second-order valence-corrected chi connectivity index (χ2v) is 5.14. The van der Waals surface area contributed by atoms with Crippen molar-refractivity contribution < 1.29 is 14.7 Å². The Morgan fingerprint density at radius 1 is 1.65 bits per heavy atom. The van der Waals surface area contributed by atoms with Gasteiger partial charge in [0, 0.05) is 6.04 Å². The minimum atomic E-state index is -0.872. The molecule has 2 N–H and O–H groups in total. The molecular weight excluding hydrogens is 240 g/mol. The smallest absolute Gasteiger partial charge is 0.305 e. The standard InChI is InChI=1S/C11H14N2O3S/c1-6-10(17-5-12-6)11(16)13-8(4-9(14)15)7-2-3-7/h5,7-8H,2-4H2,1H3,(H,13,16)(H,14,15)/t8-/m0/s1. The molecule has 6 heteroatoms. The minimum Gasteiger partial charge on any atom is -0.481 e. The van der Waals surface area contributed by atoms with E-state index < -0.39 is 5.97 Å². The van der Waals surface area contributed by atoms with Crippen molar-refractivity contribution in [2.75, 3.05) is 0 Å². The highest BCUT2D eigenvalue weighted by atomic mass is 32.1. The van der Waals surface area contributed by atoms with E-state index >= 15 is 0 Å². The molecule has 1 aliphatic carbocycles. The van der Waals surface area contributed by atoms with Crippen LogP contribution in [0, 0.1) is 12.8 Å². The van der Waals surface area contributed by atoms with Crippen LogP contribution in [0.25, 0.3) is 0 Å². The van der Waals surface area contributed by atoms with E-state index in [2.05, 4.69) is 10.3 Å². The van der Waals surface area contributed by atoms with Gasteiger partial charge in [0.15, 0.2) is 0 Å². The monoisotopic (exact) mass is 254 g/mol. The summed E-state index contributed by atoms with van der Waals surface area (Å²) in [6.45, 7) is 1.77. The molecule has 0 aliphatic heterocycles. The molecule has 0 radical (unpaired) electrons. The van der Waals surface area contributed by atoms with Crippen LogP contribution in [0.2, 0.25) is 0 Å². The Hall–Kier alpha value is -1.43. The number of amides is 1. The van der Waals surface area contributed by atoms with E-state index in [1.807, 2.05) is 0 Å². The maximum absolute atomic E-state index is 11.9. The SMILES string of the molecule is Cc1ncsc1C(=O)N[C@@H](CC(=O)O)C1CC1. The van der Waals surface area contributed by atoms with Crippen LogP contribution in [0.15, 0.2) is 5.51 Å². The molecular formula is C11H14N2O3S. The van der Waals surface area contributed by atoms with Crippen LogP contribution in [0.3, 0.4) is 0 Å². The van der Waals surface area contributed by atoms with Crippen LogP contribution in [0.5, 0.6) is 0 Å². The fourth-order valence-electron chi connectivity index (χ4n) is 1.78. The third-order valence-electron chi connectivity index (χ3n) is 2.85. The molecule has 92 valence electrons. The van der Waals surface area contributed by atoms with Crippen LogP contribution in [-0.4, -0.2) is 28.0 Å². The van der Waals surface area contributed by atoms with E-state index in [0.717, 1.165) is 12.8 Å². The van der Waals surface area contributed by atoms with Gasteiger partial charge < -0.3 is 10.4 Å². The lowest BCUT2D eigenvalue weighted by molar-refractivity contribution is -0.137. The van der Waals surface area contributed by atoms with Crippen molar-refractivity contribution in [2.45, 2.75) is 32.2 Å². The van der Waals surface area contributed by atoms with Gasteiger partial charge in [0.05, 0.1) is 17.6 Å². The highest BCUT2D eigenvalue weighted by Gasteiger charge is 2.34. The summed E-state index contributed by atoms with van der Waals surface area (Å²) in [6.07, 6.45) is 1.99. The number of carboxylic acid groups (broad SMARTS) is 1. The lowest BCUT2D eigenvalue weighted by Crippen LogP contribution is -2.38. The van der Waals surface area contributed by atoms with Crippen molar-refractivity contribution in [3.63, 3.8) is 0 Å². The van der Waals surface area contributed by atoms with Gasteiger partial charge in [-0.1, -0.05) is 0 Å². The van der Waals surface area contributed by atoms with Crippen molar-refractivity contribution in [3.05, 3.63) is 16.1 Å². The number of aromatic nitrogens is 1. The van der Waals surface area contributed by atoms with E-state index in [9.17, 15) is 9.59 Å². The van der Waals surface area contributed by atoms with Gasteiger partial charge in [0.1, 0.15) is 4.88 Å². The number of carbonyl (C=O) groups excluding carboxylic acids is 1. The Kier molecular flexibility index (Phi) is 3.42. The molecule has 0 saturated heterocycles. The number of thiazole rings is 1. The van der Waals surface area contributed by atoms with E-state index in [-0.39, 0.29) is 18.4 Å². The van der Waals surface area contributed by atoms with Crippen molar-refractivity contribution in [2.24, 2.45) is 5.92 Å². The number of hydrogen-bond donors (Lipinski definition) is 2. The fourth-order valence-corrected chi connectivity index (χ4v) is 2.48. The second kappa shape index (κ2) is 4.83. The van der Waals surface area contributed by atoms with Crippen molar-refractivity contribution >= 4 is 23.2 Å². The van der Waals surface area contributed by atoms with Crippen LogP contribution in [0.1, 0.15) is 34.6 Å². The molecule has 1 aromatic rings. The zero-order chi connectivity index (χ0) is 12.4. The highest BCUT2D eigenvalue weighted by Crippen LogP contribution is 2.34. The summed E-state index contributed by atoms with van der Waals surface area (Å²) in [4.78, 5) is 27.2. The Morgan fingerprint density at radius 3 is 2.82 bits per heavy atom. The third kappa shape index (κ3) is 3.03. The summed E-state index contributed by atoms with van der Waals surface area (Å²) in [5.74, 6) is -0.755. The summed E-state index contributed by atoms with van der Waals surface area (Å²) < 4.78 is 0. The van der Waals surface area contributed by atoms with Gasteiger partial charge in [-0.15, -0.1) is 11.3 Å². The molecule has 0 spiro atoms. The van der Waals surface area contributed by atoms with E-state index in [1.54, 1.807) is 12.4 Å². The zero-order valence-electron chi connectivity index (χ0n) is 9.47. The summed E-state index contributed by atoms with van der Waals surface area (Å²) in [7, 11) is 0. The summed E-state index contributed by atoms with van der Waals surface area (Å²) in [5.41, 5.74) is 2.31. The number of aliphatic carboxylic acids is 1. The van der Waals surface area contributed by atoms with Gasteiger partial charge in [0.2, 0.25) is 0 Å². The normalized spacial score (nSPS) is 16.5. The lowest BCUT2D eigenvalue weighted by atomic mass is 10.1. The predicted octanol–water partition coefficient (Wildman–Crippen LogP) is 1.43. The predicted molar refractivity (Wildman–Crippen MR) is 63.1 cm³/mol. The first-order valence-electron chi connectivity index (χ1n) is 5.50. The molecule has 1 aliphatic rings. The first-order valence-corrected chi connectivity index (χ1v) is 6.38. The number of rotatable bonds is 5. The summed E-state index contributed by atoms with van der Waals surface area (Å²) >= 11 is 1.28. The largest absolute Gasteiger partial charge is 0.481 e. The number of carbonyl (C=O) groups is 2. The number of nitrogens with one attached hydrogen (secondary N) is 1. The van der Waals surface area contributed by atoms with E-state index in [4.69, 9.17) is 5.11 Å². The van der Waals surface area contributed by atoms with Crippen LogP contribution in [0.4, 0.5) is 0 Å². The Balaban J connectivity index is 2.00. The molecule has 5 nitrogen and oxygen atoms in total. The number of carboxylic acids is 1. The van der Waals surface area contributed by atoms with E-state index in [0.29, 0.717) is 16.5 Å². The van der Waals surface area contributed by atoms with Crippen molar-refractivity contribution in [1.29, 1.82) is 0 Å². The minimum absolute atomic E-state index is 0.00570. The quantitative estimate of drug-likeness (QED) is 0.833. The molecule has 1 fully saturated rings. The lowest BCUT2D eigenvalue weighted by Gasteiger charge is -2.15. The van der Waals surface area contributed by atoms with Gasteiger partial charge in [0.25, 0.3) is 5.91 Å². The van der Waals surface area contributed by atoms with Crippen molar-refractivity contribution in [1.82, 2.24) is 10.3 Å². The van der Waals surface area contributed by atoms with Crippen LogP contribution < -0.4 is 5.32 Å². The molecule has 1 saturated carbocycles. The van der Waals surface area contributed by atoms with Gasteiger partial charge >= 0.3 is 5.97 Å². The molecule has 17 heavy (non-hydrogen) atoms. The number of hydrogen-bond acceptors (Lipinski definition) is 4. The Bertz CT molecular complexity index is 440. The average molecular weight is 254 g/mol. The zero-order valence-corrected chi connectivity index (χ0v) is 10.3. The van der Waals surface area contributed by atoms with Gasteiger partial charge in [-0.25, -0.2) is 4.98 Å². The van der Waals surface area contributed by atoms with Crippen LogP contribution >= 0.6 is 11.3 Å². The fraction of sp³-hybridized carbons (Fsp3) is 0.545. The van der Waals surface area contributed by atoms with Gasteiger partial charge in [-0.05, 0) is 25.7 Å². The summed E-state index contributed by atoms with van der Waals surface area (Å²) in [6, 6.07) is -0.249. The maximum Gasteiger partial charge on any atom is 0.305 e. The van der Waals surface area contributed by atoms with E-state index in [1.165, 1.54) is 11.3 Å². The average Bonchev–Trinajstić information content (AvgIpc) is 3.00. The Labute approximate surface area is 103 Å². The molecule has 2 rings (SSSR count). The second-order valence-electron chi connectivity index (χ2n) is 4.28. The first-order chi connectivity index (χ1) is 8.08. The Morgan fingerprint density at radius 2 is 2.35 bits per heavy atom. The number of aryl methyl sites for hydroxylation is 1. The molecule has 0 aromatic carbocycles. The molecule has 0 bridgehead atoms. The molecule has 1 aromatic heterocycles. The molecule has 1 amide bonds. The highest BCUT2D eigenvalue weighted by molar-refractivity contribution is 7.11. The topological polar surface area (TPSA) is 79.3 Å².